The van der Waals surface area contributed by atoms with Crippen LogP contribution in [0.3, 0.4) is 0 Å². The maximum absolute atomic E-state index is 14.0. The lowest BCUT2D eigenvalue weighted by atomic mass is 9.95. The van der Waals surface area contributed by atoms with Gasteiger partial charge in [0.15, 0.2) is 11.3 Å². The van der Waals surface area contributed by atoms with E-state index in [0.717, 1.165) is 16.5 Å². The molecule has 1 aliphatic heterocycles. The summed E-state index contributed by atoms with van der Waals surface area (Å²) in [5.41, 5.74) is -2.05. The summed E-state index contributed by atoms with van der Waals surface area (Å²) >= 11 is 0. The number of nitrogens with zero attached hydrogens (tertiary/aromatic N) is 1. The first-order chi connectivity index (χ1) is 18.3. The second kappa shape index (κ2) is 10.7. The van der Waals surface area contributed by atoms with Crippen LogP contribution in [0.5, 0.6) is 0 Å². The summed E-state index contributed by atoms with van der Waals surface area (Å²) in [7, 11) is 0. The number of carboxylic acids is 2. The summed E-state index contributed by atoms with van der Waals surface area (Å²) in [6.07, 6.45) is -10.1. The normalized spacial score (nSPS) is 15.5. The quantitative estimate of drug-likeness (QED) is 0.330. The fourth-order valence-corrected chi connectivity index (χ4v) is 3.90. The van der Waals surface area contributed by atoms with Gasteiger partial charge in [0.05, 0.1) is 30.1 Å². The van der Waals surface area contributed by atoms with Crippen LogP contribution in [-0.4, -0.2) is 53.3 Å². The smallest absolute Gasteiger partial charge is 0.478 e. The van der Waals surface area contributed by atoms with Crippen LogP contribution in [0.2, 0.25) is 0 Å². The molecule has 3 aromatic rings. The third-order valence-corrected chi connectivity index (χ3v) is 5.93. The van der Waals surface area contributed by atoms with Crippen molar-refractivity contribution in [2.24, 2.45) is 0 Å². The topological polar surface area (TPSA) is 120 Å². The van der Waals surface area contributed by atoms with Gasteiger partial charge in [0, 0.05) is 17.3 Å². The van der Waals surface area contributed by atoms with Gasteiger partial charge < -0.3 is 24.8 Å². The van der Waals surface area contributed by atoms with Gasteiger partial charge in [-0.15, -0.1) is 0 Å². The van der Waals surface area contributed by atoms with Crippen molar-refractivity contribution in [2.45, 2.75) is 37.9 Å². The highest BCUT2D eigenvalue weighted by molar-refractivity contribution is 5.94. The van der Waals surface area contributed by atoms with Crippen LogP contribution in [0.4, 0.5) is 42.3 Å². The molecule has 1 aromatic heterocycles. The molecule has 216 valence electrons. The van der Waals surface area contributed by atoms with Crippen molar-refractivity contribution in [3.8, 4) is 0 Å². The van der Waals surface area contributed by atoms with E-state index in [2.05, 4.69) is 5.32 Å². The number of hydrogen-bond donors (Lipinski definition) is 3. The Hall–Kier alpha value is -4.30. The predicted octanol–water partition coefficient (Wildman–Crippen LogP) is 5.70. The van der Waals surface area contributed by atoms with Gasteiger partial charge in [0.2, 0.25) is 5.67 Å². The number of aliphatic carboxylic acids is 1. The number of carbonyl (C=O) groups is 2. The van der Waals surface area contributed by atoms with Gasteiger partial charge in [0.1, 0.15) is 5.58 Å². The molecule has 2 aromatic carbocycles. The molecule has 1 aliphatic rings. The Labute approximate surface area is 220 Å². The first kappa shape index (κ1) is 30.2. The third-order valence-electron chi connectivity index (χ3n) is 5.93. The predicted molar refractivity (Wildman–Crippen MR) is 128 cm³/mol. The molecule has 1 unspecified atom stereocenters. The van der Waals surface area contributed by atoms with E-state index in [-0.39, 0.29) is 22.4 Å². The van der Waals surface area contributed by atoms with Crippen LogP contribution in [0.1, 0.15) is 34.5 Å². The largest absolute Gasteiger partial charge is 0.490 e. The molecule has 1 fully saturated rings. The highest BCUT2D eigenvalue weighted by atomic mass is 19.4. The zero-order valence-electron chi connectivity index (χ0n) is 20.7. The van der Waals surface area contributed by atoms with E-state index in [9.17, 15) is 45.4 Å². The van der Waals surface area contributed by atoms with Gasteiger partial charge in [-0.25, -0.2) is 14.0 Å². The van der Waals surface area contributed by atoms with Gasteiger partial charge >= 0.3 is 24.3 Å². The van der Waals surface area contributed by atoms with Crippen LogP contribution < -0.4 is 15.6 Å². The minimum absolute atomic E-state index is 0.0514. The van der Waals surface area contributed by atoms with E-state index in [1.54, 1.807) is 44.2 Å². The number of anilines is 2. The van der Waals surface area contributed by atoms with Crippen LogP contribution >= 0.6 is 0 Å². The number of fused-ring (bicyclic) bond motifs is 1. The van der Waals surface area contributed by atoms with Crippen LogP contribution in [-0.2, 0) is 4.79 Å². The number of aryl methyl sites for hydroxylation is 1. The number of rotatable bonds is 5. The van der Waals surface area contributed by atoms with E-state index in [1.165, 1.54) is 6.07 Å². The molecule has 4 rings (SSSR count). The Morgan fingerprint density at radius 3 is 2.15 bits per heavy atom. The summed E-state index contributed by atoms with van der Waals surface area (Å²) in [5.74, 6) is -4.04. The molecule has 2 heterocycles. The molecule has 1 saturated heterocycles. The monoisotopic (exact) mass is 578 g/mol. The van der Waals surface area contributed by atoms with Gasteiger partial charge in [-0.05, 0) is 37.6 Å². The lowest BCUT2D eigenvalue weighted by Gasteiger charge is -2.45. The summed E-state index contributed by atoms with van der Waals surface area (Å²) in [6.45, 7) is 1.57. The first-order valence-electron chi connectivity index (χ1n) is 11.3. The first-order valence-corrected chi connectivity index (χ1v) is 11.3. The number of carboxylic acid groups (broad SMARTS) is 2. The average molecular weight is 578 g/mol. The van der Waals surface area contributed by atoms with Crippen molar-refractivity contribution in [3.05, 3.63) is 69.4 Å². The number of nitrogens with one attached hydrogen (secondary N) is 1. The van der Waals surface area contributed by atoms with E-state index in [0.29, 0.717) is 11.3 Å². The van der Waals surface area contributed by atoms with Gasteiger partial charge in [-0.2, -0.15) is 26.3 Å². The van der Waals surface area contributed by atoms with Crippen molar-refractivity contribution in [1.82, 2.24) is 0 Å². The summed E-state index contributed by atoms with van der Waals surface area (Å²) in [4.78, 5) is 34.2. The van der Waals surface area contributed by atoms with E-state index in [1.807, 2.05) is 0 Å². The van der Waals surface area contributed by atoms with Crippen LogP contribution in [0.25, 0.3) is 11.0 Å². The van der Waals surface area contributed by atoms with E-state index >= 15 is 0 Å². The number of halogens is 7. The standard InChI is InChI=1S/C23H20F4N2O4.C2HF3O2/c1-12-7-15(13(2)28-17-6-4-3-5-14(17)21(31)32)20-16(8-12)18(30)9-19(33-20)29-10-22(24,11-29)23(25,26)27;3-2(4,5)1(6)7/h3-9,13,28H,10-11H2,1-2H3,(H,31,32);(H,6,7). The molecular formula is C25H21F7N2O6. The summed E-state index contributed by atoms with van der Waals surface area (Å²) in [5, 5.41) is 19.9. The highest BCUT2D eigenvalue weighted by Crippen LogP contribution is 2.43. The fourth-order valence-electron chi connectivity index (χ4n) is 3.90. The molecule has 3 N–H and O–H groups in total. The van der Waals surface area contributed by atoms with Crippen molar-refractivity contribution in [3.63, 3.8) is 0 Å². The van der Waals surface area contributed by atoms with E-state index in [4.69, 9.17) is 14.3 Å². The molecule has 0 radical (unpaired) electrons. The second-order valence-electron chi connectivity index (χ2n) is 9.02. The van der Waals surface area contributed by atoms with Crippen LogP contribution in [0.15, 0.2) is 51.7 Å². The van der Waals surface area contributed by atoms with Crippen molar-refractivity contribution in [1.29, 1.82) is 0 Å². The fraction of sp³-hybridized carbons (Fsp3) is 0.320. The van der Waals surface area contributed by atoms with Gasteiger partial charge in [-0.3, -0.25) is 4.79 Å². The molecule has 0 bridgehead atoms. The number of alkyl halides is 7. The molecule has 0 spiro atoms. The zero-order valence-corrected chi connectivity index (χ0v) is 20.7. The summed E-state index contributed by atoms with van der Waals surface area (Å²) < 4.78 is 90.2. The van der Waals surface area contributed by atoms with Crippen molar-refractivity contribution >= 4 is 34.5 Å². The maximum atomic E-state index is 14.0. The number of aromatic carboxylic acids is 1. The Morgan fingerprint density at radius 1 is 1.05 bits per heavy atom. The molecule has 1 atom stereocenters. The Kier molecular flexibility index (Phi) is 8.09. The van der Waals surface area contributed by atoms with Gasteiger partial charge in [0.25, 0.3) is 0 Å². The number of para-hydroxylation sites is 1. The van der Waals surface area contributed by atoms with Crippen molar-refractivity contribution in [2.75, 3.05) is 23.3 Å². The molecule has 15 heteroatoms. The Balaban J connectivity index is 0.000000559. The lowest BCUT2D eigenvalue weighted by Crippen LogP contribution is -2.66. The maximum Gasteiger partial charge on any atom is 0.490 e. The minimum Gasteiger partial charge on any atom is -0.478 e. The average Bonchev–Trinajstić information content (AvgIpc) is 2.81. The van der Waals surface area contributed by atoms with Crippen molar-refractivity contribution < 1.29 is 55.0 Å². The molecule has 0 aliphatic carbocycles. The molecule has 0 amide bonds. The molecule has 0 saturated carbocycles. The van der Waals surface area contributed by atoms with Gasteiger partial charge in [-0.1, -0.05) is 18.2 Å². The Bertz CT molecular complexity index is 1490. The van der Waals surface area contributed by atoms with E-state index < -0.39 is 54.5 Å². The molecule has 40 heavy (non-hydrogen) atoms. The minimum atomic E-state index is -5.08. The highest BCUT2D eigenvalue weighted by Gasteiger charge is 2.63. The SMILES string of the molecule is Cc1cc(C(C)Nc2ccccc2C(=O)O)c2oc(N3CC(F)(C(F)(F)F)C3)cc(=O)c2c1.O=C(O)C(F)(F)F. The Morgan fingerprint density at radius 2 is 1.62 bits per heavy atom. The molecule has 8 nitrogen and oxygen atoms in total. The second-order valence-corrected chi connectivity index (χ2v) is 9.02. The zero-order chi connectivity index (χ0) is 30.2. The molecular weight excluding hydrogens is 557 g/mol. The number of benzene rings is 2. The third kappa shape index (κ3) is 6.29. The number of hydrogen-bond acceptors (Lipinski definition) is 6. The lowest BCUT2D eigenvalue weighted by molar-refractivity contribution is -0.237. The van der Waals surface area contributed by atoms with Crippen LogP contribution in [0, 0.1) is 6.92 Å². The summed E-state index contributed by atoms with van der Waals surface area (Å²) in [6, 6.07) is 10.2.